The highest BCUT2D eigenvalue weighted by atomic mass is 32.1. The number of thiol groups is 1. The molecule has 0 aromatic rings. The highest BCUT2D eigenvalue weighted by Crippen LogP contribution is 2.57. The summed E-state index contributed by atoms with van der Waals surface area (Å²) in [6.45, 7) is 3.26. The first-order valence-electron chi connectivity index (χ1n) is 3.43. The van der Waals surface area contributed by atoms with E-state index in [2.05, 4.69) is 19.6 Å². The molecule has 1 aliphatic carbocycles. The van der Waals surface area contributed by atoms with Gasteiger partial charge in [0.2, 0.25) is 0 Å². The monoisotopic (exact) mass is 144 g/mol. The molecule has 3 aliphatic rings. The summed E-state index contributed by atoms with van der Waals surface area (Å²) in [6.07, 6.45) is 2.48. The fraction of sp³-hybridized carbons (Fsp3) is 1.00. The quantitative estimate of drug-likeness (QED) is 0.548. The molecule has 2 bridgehead atoms. The highest BCUT2D eigenvalue weighted by Gasteiger charge is 2.58. The van der Waals surface area contributed by atoms with Crippen LogP contribution in [0, 0.1) is 5.41 Å². The van der Waals surface area contributed by atoms with E-state index in [0.717, 1.165) is 12.4 Å². The standard InChI is InChI=1S/C7H12OS/c1-6-2-7(3-6,5-9)8-4-6/h9H,2-5H2,1H3. The SMILES string of the molecule is CC12COC(CS)(C1)C2. The van der Waals surface area contributed by atoms with E-state index in [4.69, 9.17) is 4.74 Å². The molecule has 3 fully saturated rings. The zero-order valence-electron chi connectivity index (χ0n) is 5.68. The van der Waals surface area contributed by atoms with E-state index in [1.165, 1.54) is 12.8 Å². The Morgan fingerprint density at radius 3 is 2.44 bits per heavy atom. The third kappa shape index (κ3) is 0.665. The number of ether oxygens (including phenoxy) is 1. The van der Waals surface area contributed by atoms with Gasteiger partial charge in [0.1, 0.15) is 0 Å². The summed E-state index contributed by atoms with van der Waals surface area (Å²) in [5.74, 6) is 0.905. The van der Waals surface area contributed by atoms with Gasteiger partial charge in [-0.05, 0) is 18.3 Å². The molecule has 2 saturated heterocycles. The first kappa shape index (κ1) is 6.05. The molecule has 0 atom stereocenters. The predicted molar refractivity (Wildman–Crippen MR) is 39.9 cm³/mol. The van der Waals surface area contributed by atoms with Crippen molar-refractivity contribution in [3.8, 4) is 0 Å². The summed E-state index contributed by atoms with van der Waals surface area (Å²) in [7, 11) is 0. The van der Waals surface area contributed by atoms with Gasteiger partial charge in [-0.3, -0.25) is 0 Å². The molecular weight excluding hydrogens is 132 g/mol. The Morgan fingerprint density at radius 2 is 2.22 bits per heavy atom. The van der Waals surface area contributed by atoms with Crippen LogP contribution in [-0.4, -0.2) is 18.0 Å². The number of rotatable bonds is 1. The molecule has 0 spiro atoms. The van der Waals surface area contributed by atoms with E-state index in [9.17, 15) is 0 Å². The van der Waals surface area contributed by atoms with E-state index in [-0.39, 0.29) is 5.60 Å². The maximum Gasteiger partial charge on any atom is 0.0782 e. The van der Waals surface area contributed by atoms with Crippen molar-refractivity contribution in [1.29, 1.82) is 0 Å². The Kier molecular flexibility index (Phi) is 0.996. The van der Waals surface area contributed by atoms with Gasteiger partial charge in [0, 0.05) is 5.75 Å². The van der Waals surface area contributed by atoms with Crippen LogP contribution in [-0.2, 0) is 4.74 Å². The molecule has 2 heteroatoms. The van der Waals surface area contributed by atoms with E-state index in [0.29, 0.717) is 5.41 Å². The van der Waals surface area contributed by atoms with Crippen molar-refractivity contribution in [2.45, 2.75) is 25.4 Å². The van der Waals surface area contributed by atoms with Gasteiger partial charge in [0.05, 0.1) is 12.2 Å². The van der Waals surface area contributed by atoms with Crippen molar-refractivity contribution < 1.29 is 4.74 Å². The summed E-state index contributed by atoms with van der Waals surface area (Å²) >= 11 is 4.25. The maximum absolute atomic E-state index is 5.59. The molecule has 0 aromatic carbocycles. The van der Waals surface area contributed by atoms with Crippen LogP contribution in [0.4, 0.5) is 0 Å². The van der Waals surface area contributed by atoms with Gasteiger partial charge in [-0.2, -0.15) is 12.6 Å². The summed E-state index contributed by atoms with van der Waals surface area (Å²) in [6, 6.07) is 0. The Morgan fingerprint density at radius 1 is 1.56 bits per heavy atom. The molecule has 9 heavy (non-hydrogen) atoms. The molecule has 0 N–H and O–H groups in total. The lowest BCUT2D eigenvalue weighted by Gasteiger charge is -2.41. The number of hydrogen-bond donors (Lipinski definition) is 1. The fourth-order valence-corrected chi connectivity index (χ4v) is 2.51. The molecule has 2 heterocycles. The minimum absolute atomic E-state index is 0.206. The normalized spacial score (nSPS) is 55.3. The largest absolute Gasteiger partial charge is 0.374 e. The van der Waals surface area contributed by atoms with E-state index in [1.54, 1.807) is 0 Å². The fourth-order valence-electron chi connectivity index (χ4n) is 2.19. The molecule has 52 valence electrons. The van der Waals surface area contributed by atoms with Crippen molar-refractivity contribution in [1.82, 2.24) is 0 Å². The Labute approximate surface area is 61.2 Å². The van der Waals surface area contributed by atoms with Crippen molar-refractivity contribution in [3.05, 3.63) is 0 Å². The molecular formula is C7H12OS. The van der Waals surface area contributed by atoms with Gasteiger partial charge in [0.25, 0.3) is 0 Å². The second-order valence-corrected chi connectivity index (χ2v) is 4.11. The van der Waals surface area contributed by atoms with E-state index < -0.39 is 0 Å². The minimum atomic E-state index is 0.206. The minimum Gasteiger partial charge on any atom is -0.374 e. The summed E-state index contributed by atoms with van der Waals surface area (Å²) < 4.78 is 5.59. The summed E-state index contributed by atoms with van der Waals surface area (Å²) in [5.41, 5.74) is 0.737. The molecule has 3 rings (SSSR count). The van der Waals surface area contributed by atoms with Gasteiger partial charge in [-0.1, -0.05) is 6.92 Å². The summed E-state index contributed by atoms with van der Waals surface area (Å²) in [4.78, 5) is 0. The van der Waals surface area contributed by atoms with Crippen molar-refractivity contribution >= 4 is 12.6 Å². The third-order valence-corrected chi connectivity index (χ3v) is 3.09. The molecule has 1 nitrogen and oxygen atoms in total. The second-order valence-electron chi connectivity index (χ2n) is 3.79. The molecule has 1 saturated carbocycles. The topological polar surface area (TPSA) is 9.23 Å². The zero-order valence-corrected chi connectivity index (χ0v) is 6.58. The first-order valence-corrected chi connectivity index (χ1v) is 4.06. The summed E-state index contributed by atoms with van der Waals surface area (Å²) in [5, 5.41) is 0. The molecule has 0 aromatic heterocycles. The van der Waals surface area contributed by atoms with E-state index >= 15 is 0 Å². The van der Waals surface area contributed by atoms with Crippen molar-refractivity contribution in [3.63, 3.8) is 0 Å². The number of fused-ring (bicyclic) bond motifs is 1. The van der Waals surface area contributed by atoms with Crippen molar-refractivity contribution in [2.75, 3.05) is 12.4 Å². The van der Waals surface area contributed by atoms with E-state index in [1.807, 2.05) is 0 Å². The van der Waals surface area contributed by atoms with Crippen LogP contribution in [0.25, 0.3) is 0 Å². The van der Waals surface area contributed by atoms with Crippen LogP contribution in [0.3, 0.4) is 0 Å². The third-order valence-electron chi connectivity index (χ3n) is 2.51. The van der Waals surface area contributed by atoms with Gasteiger partial charge in [-0.15, -0.1) is 0 Å². The Hall–Kier alpha value is 0.310. The van der Waals surface area contributed by atoms with Crippen LogP contribution in [0.2, 0.25) is 0 Å². The lowest BCUT2D eigenvalue weighted by molar-refractivity contribution is 0.0122. The first-order chi connectivity index (χ1) is 4.18. The predicted octanol–water partition coefficient (Wildman–Crippen LogP) is 1.49. The maximum atomic E-state index is 5.59. The van der Waals surface area contributed by atoms with Crippen LogP contribution in [0.15, 0.2) is 0 Å². The van der Waals surface area contributed by atoms with Gasteiger partial charge < -0.3 is 4.74 Å². The average Bonchev–Trinajstić information content (AvgIpc) is 2.20. The molecule has 0 radical (unpaired) electrons. The van der Waals surface area contributed by atoms with Gasteiger partial charge in [-0.25, -0.2) is 0 Å². The van der Waals surface area contributed by atoms with Crippen LogP contribution in [0.5, 0.6) is 0 Å². The van der Waals surface area contributed by atoms with Crippen LogP contribution >= 0.6 is 12.6 Å². The Bertz CT molecular complexity index is 138. The average molecular weight is 144 g/mol. The van der Waals surface area contributed by atoms with Gasteiger partial charge >= 0.3 is 0 Å². The lowest BCUT2D eigenvalue weighted by atomic mass is 9.65. The Balaban J connectivity index is 2.12. The second kappa shape index (κ2) is 1.48. The highest BCUT2D eigenvalue weighted by molar-refractivity contribution is 7.80. The van der Waals surface area contributed by atoms with Crippen LogP contribution in [0.1, 0.15) is 19.8 Å². The zero-order chi connectivity index (χ0) is 6.54. The molecule has 0 amide bonds. The lowest BCUT2D eigenvalue weighted by Crippen LogP contribution is -2.43. The van der Waals surface area contributed by atoms with Crippen molar-refractivity contribution in [2.24, 2.45) is 5.41 Å². The molecule has 0 unspecified atom stereocenters. The number of hydrogen-bond acceptors (Lipinski definition) is 2. The molecule has 2 aliphatic heterocycles. The van der Waals surface area contributed by atoms with Crippen LogP contribution < -0.4 is 0 Å². The smallest absolute Gasteiger partial charge is 0.0782 e. The van der Waals surface area contributed by atoms with Gasteiger partial charge in [0.15, 0.2) is 0 Å².